The summed E-state index contributed by atoms with van der Waals surface area (Å²) in [6.07, 6.45) is 0.257. The number of hydrogen-bond acceptors (Lipinski definition) is 2. The lowest BCUT2D eigenvalue weighted by Gasteiger charge is -2.33. The summed E-state index contributed by atoms with van der Waals surface area (Å²) in [5, 5.41) is 1.97. The molecule has 0 spiro atoms. The third-order valence-corrected chi connectivity index (χ3v) is 3.78. The second-order valence-electron chi connectivity index (χ2n) is 5.63. The van der Waals surface area contributed by atoms with E-state index < -0.39 is 23.2 Å². The molecule has 0 aromatic heterocycles. The van der Waals surface area contributed by atoms with Crippen LogP contribution in [0.3, 0.4) is 0 Å². The highest BCUT2D eigenvalue weighted by molar-refractivity contribution is 6.30. The largest absolute Gasteiger partial charge is 0.427 e. The van der Waals surface area contributed by atoms with Crippen molar-refractivity contribution in [3.8, 4) is 11.8 Å². The highest BCUT2D eigenvalue weighted by atomic mass is 35.5. The Morgan fingerprint density at radius 2 is 2.08 bits per heavy atom. The van der Waals surface area contributed by atoms with Gasteiger partial charge in [0, 0.05) is 23.2 Å². The lowest BCUT2D eigenvalue weighted by atomic mass is 9.88. The van der Waals surface area contributed by atoms with Gasteiger partial charge in [-0.1, -0.05) is 29.5 Å². The summed E-state index contributed by atoms with van der Waals surface area (Å²) in [6.45, 7) is 0.989. The molecular formula is C17H16ClF3N2O. The first-order chi connectivity index (χ1) is 11.2. The number of rotatable bonds is 3. The number of alkyl halides is 3. The van der Waals surface area contributed by atoms with Crippen LogP contribution in [0.1, 0.15) is 25.3 Å². The molecule has 0 radical (unpaired) electrons. The monoisotopic (exact) mass is 356 g/mol. The standard InChI is InChI=1S/C17H16ClF3N2O/c1-11(24)23-16(17(19,20)21,9-3-2-4-12-5-6-12)14-10-13(18)7-8-15(14)22/h2,4,7-8,10,12H,5-6,22H2,1H3,(H,23,24)/b4-2+/t16-/m0/s1. The van der Waals surface area contributed by atoms with Crippen LogP contribution in [0, 0.1) is 17.8 Å². The van der Waals surface area contributed by atoms with Crippen molar-refractivity contribution in [3.05, 3.63) is 40.9 Å². The van der Waals surface area contributed by atoms with Crippen LogP contribution in [-0.2, 0) is 10.3 Å². The predicted molar refractivity (Wildman–Crippen MR) is 87.1 cm³/mol. The molecule has 1 aliphatic carbocycles. The third kappa shape index (κ3) is 4.04. The van der Waals surface area contributed by atoms with Crippen LogP contribution in [-0.4, -0.2) is 12.1 Å². The Kier molecular flexibility index (Phi) is 5.14. The molecule has 1 amide bonds. The number of hydrogen-bond donors (Lipinski definition) is 2. The van der Waals surface area contributed by atoms with E-state index in [0.717, 1.165) is 25.8 Å². The SMILES string of the molecule is CC(=O)N[C@@](C#C/C=C/C1CC1)(c1cc(Cl)ccc1N)C(F)(F)F. The molecule has 0 heterocycles. The van der Waals surface area contributed by atoms with Gasteiger partial charge >= 0.3 is 6.18 Å². The lowest BCUT2D eigenvalue weighted by molar-refractivity contribution is -0.184. The lowest BCUT2D eigenvalue weighted by Crippen LogP contribution is -2.55. The van der Waals surface area contributed by atoms with Crippen LogP contribution in [0.5, 0.6) is 0 Å². The maximum Gasteiger partial charge on any atom is 0.427 e. The topological polar surface area (TPSA) is 55.1 Å². The number of benzene rings is 1. The predicted octanol–water partition coefficient (Wildman–Crippen LogP) is 3.79. The van der Waals surface area contributed by atoms with Crippen molar-refractivity contribution in [1.29, 1.82) is 0 Å². The quantitative estimate of drug-likeness (QED) is 0.639. The minimum Gasteiger partial charge on any atom is -0.398 e. The number of nitrogens with one attached hydrogen (secondary N) is 1. The Hall–Kier alpha value is -2.13. The fourth-order valence-electron chi connectivity index (χ4n) is 2.20. The molecular weight excluding hydrogens is 341 g/mol. The van der Waals surface area contributed by atoms with Gasteiger partial charge in [0.05, 0.1) is 0 Å². The molecule has 2 rings (SSSR count). The van der Waals surface area contributed by atoms with Gasteiger partial charge in [0.15, 0.2) is 0 Å². The first-order valence-electron chi connectivity index (χ1n) is 7.26. The maximum absolute atomic E-state index is 13.9. The van der Waals surface area contributed by atoms with E-state index in [9.17, 15) is 18.0 Å². The fraction of sp³-hybridized carbons (Fsp3) is 0.353. The second kappa shape index (κ2) is 6.78. The summed E-state index contributed by atoms with van der Waals surface area (Å²) >= 11 is 5.82. The Labute approximate surface area is 143 Å². The highest BCUT2D eigenvalue weighted by Gasteiger charge is 2.57. The number of amides is 1. The zero-order chi connectivity index (χ0) is 18.0. The van der Waals surface area contributed by atoms with E-state index in [2.05, 4.69) is 11.8 Å². The van der Waals surface area contributed by atoms with Crippen molar-refractivity contribution in [2.45, 2.75) is 31.5 Å². The molecule has 1 aromatic carbocycles. The fourth-order valence-corrected chi connectivity index (χ4v) is 2.37. The molecule has 1 atom stereocenters. The molecule has 1 aromatic rings. The van der Waals surface area contributed by atoms with Gasteiger partial charge in [-0.15, -0.1) is 0 Å². The van der Waals surface area contributed by atoms with E-state index >= 15 is 0 Å². The van der Waals surface area contributed by atoms with Crippen LogP contribution in [0.15, 0.2) is 30.4 Å². The van der Waals surface area contributed by atoms with Gasteiger partial charge in [-0.05, 0) is 43.0 Å². The summed E-state index contributed by atoms with van der Waals surface area (Å²) in [5.41, 5.74) is 2.23. The summed E-state index contributed by atoms with van der Waals surface area (Å²) in [5.74, 6) is 4.02. The zero-order valence-electron chi connectivity index (χ0n) is 12.9. The van der Waals surface area contributed by atoms with Crippen molar-refractivity contribution < 1.29 is 18.0 Å². The van der Waals surface area contributed by atoms with Crippen LogP contribution >= 0.6 is 11.6 Å². The Bertz CT molecular complexity index is 730. The number of allylic oxidation sites excluding steroid dienone is 2. The van der Waals surface area contributed by atoms with E-state index in [4.69, 9.17) is 17.3 Å². The molecule has 3 nitrogen and oxygen atoms in total. The van der Waals surface area contributed by atoms with Gasteiger partial charge in [-0.2, -0.15) is 13.2 Å². The molecule has 0 unspecified atom stereocenters. The van der Waals surface area contributed by atoms with Gasteiger partial charge in [0.2, 0.25) is 11.4 Å². The summed E-state index contributed by atoms with van der Waals surface area (Å²) in [7, 11) is 0. The molecule has 0 bridgehead atoms. The van der Waals surface area contributed by atoms with E-state index in [1.807, 2.05) is 5.32 Å². The minimum atomic E-state index is -4.89. The average molecular weight is 357 g/mol. The second-order valence-corrected chi connectivity index (χ2v) is 6.06. The number of nitrogen functional groups attached to an aromatic ring is 1. The van der Waals surface area contributed by atoms with Crippen molar-refractivity contribution in [1.82, 2.24) is 5.32 Å². The van der Waals surface area contributed by atoms with Gasteiger partial charge in [0.25, 0.3) is 0 Å². The van der Waals surface area contributed by atoms with Gasteiger partial charge in [0.1, 0.15) is 0 Å². The van der Waals surface area contributed by atoms with E-state index in [1.165, 1.54) is 18.2 Å². The molecule has 0 saturated heterocycles. The van der Waals surface area contributed by atoms with Gasteiger partial charge in [-0.25, -0.2) is 0 Å². The van der Waals surface area contributed by atoms with E-state index in [1.54, 1.807) is 6.08 Å². The molecule has 7 heteroatoms. The first kappa shape index (κ1) is 18.2. The zero-order valence-corrected chi connectivity index (χ0v) is 13.6. The summed E-state index contributed by atoms with van der Waals surface area (Å²) in [4.78, 5) is 11.5. The minimum absolute atomic E-state index is 0.0634. The van der Waals surface area contributed by atoms with Crippen molar-refractivity contribution in [3.63, 3.8) is 0 Å². The molecule has 3 N–H and O–H groups in total. The first-order valence-corrected chi connectivity index (χ1v) is 7.64. The molecule has 1 fully saturated rings. The number of carbonyl (C=O) groups excluding carboxylic acids is 1. The van der Waals surface area contributed by atoms with Gasteiger partial charge < -0.3 is 11.1 Å². The van der Waals surface area contributed by atoms with Crippen LogP contribution in [0.2, 0.25) is 5.02 Å². The average Bonchev–Trinajstić information content (AvgIpc) is 3.27. The van der Waals surface area contributed by atoms with Crippen molar-refractivity contribution in [2.24, 2.45) is 5.92 Å². The van der Waals surface area contributed by atoms with Crippen LogP contribution in [0.4, 0.5) is 18.9 Å². The Balaban J connectivity index is 2.60. The van der Waals surface area contributed by atoms with Crippen molar-refractivity contribution >= 4 is 23.2 Å². The smallest absolute Gasteiger partial charge is 0.398 e. The van der Waals surface area contributed by atoms with E-state index in [-0.39, 0.29) is 10.7 Å². The number of nitrogens with two attached hydrogens (primary N) is 1. The summed E-state index contributed by atoms with van der Waals surface area (Å²) in [6, 6.07) is 3.69. The number of carbonyl (C=O) groups is 1. The Morgan fingerprint density at radius 1 is 1.42 bits per heavy atom. The molecule has 1 saturated carbocycles. The molecule has 1 aliphatic rings. The molecule has 0 aliphatic heterocycles. The highest BCUT2D eigenvalue weighted by Crippen LogP contribution is 2.42. The normalized spacial score (nSPS) is 17.0. The Morgan fingerprint density at radius 3 is 2.62 bits per heavy atom. The van der Waals surface area contributed by atoms with Gasteiger partial charge in [-0.3, -0.25) is 4.79 Å². The summed E-state index contributed by atoms with van der Waals surface area (Å²) < 4.78 is 41.7. The van der Waals surface area contributed by atoms with Crippen LogP contribution < -0.4 is 11.1 Å². The molecule has 128 valence electrons. The van der Waals surface area contributed by atoms with E-state index in [0.29, 0.717) is 5.92 Å². The number of halogens is 4. The number of anilines is 1. The molecule has 24 heavy (non-hydrogen) atoms. The van der Waals surface area contributed by atoms with Crippen LogP contribution in [0.25, 0.3) is 0 Å². The maximum atomic E-state index is 13.9. The van der Waals surface area contributed by atoms with Crippen molar-refractivity contribution in [2.75, 3.05) is 5.73 Å². The third-order valence-electron chi connectivity index (χ3n) is 3.54.